The number of hydrogen-bond donors (Lipinski definition) is 1. The minimum Gasteiger partial charge on any atom is -0.396 e. The van der Waals surface area contributed by atoms with Gasteiger partial charge in [-0.3, -0.25) is 0 Å². The summed E-state index contributed by atoms with van der Waals surface area (Å²) in [5.74, 6) is 1.29. The van der Waals surface area contributed by atoms with Crippen LogP contribution >= 0.6 is 11.3 Å². The fraction of sp³-hybridized carbons (Fsp3) is 0.733. The van der Waals surface area contributed by atoms with Crippen molar-refractivity contribution in [2.45, 2.75) is 38.5 Å². The first-order valence-corrected chi connectivity index (χ1v) is 8.08. The smallest absolute Gasteiger partial charge is 0.0459 e. The molecule has 3 heteroatoms. The van der Waals surface area contributed by atoms with Crippen LogP contribution in [0.5, 0.6) is 0 Å². The van der Waals surface area contributed by atoms with E-state index in [0.717, 1.165) is 25.3 Å². The van der Waals surface area contributed by atoms with Gasteiger partial charge in [0, 0.05) is 11.5 Å². The van der Waals surface area contributed by atoms with Crippen LogP contribution in [-0.4, -0.2) is 36.2 Å². The van der Waals surface area contributed by atoms with Crippen molar-refractivity contribution in [1.29, 1.82) is 0 Å². The number of hydrogen-bond acceptors (Lipinski definition) is 3. The maximum Gasteiger partial charge on any atom is 0.0459 e. The van der Waals surface area contributed by atoms with E-state index in [2.05, 4.69) is 29.3 Å². The van der Waals surface area contributed by atoms with Crippen LogP contribution in [0.3, 0.4) is 0 Å². The number of nitrogens with zero attached hydrogens (tertiary/aromatic N) is 1. The fourth-order valence-electron chi connectivity index (χ4n) is 2.75. The first kappa shape index (κ1) is 14.0. The Labute approximate surface area is 115 Å². The molecule has 1 atom stereocenters. The number of aliphatic hydroxyl groups is 1. The van der Waals surface area contributed by atoms with E-state index in [1.54, 1.807) is 4.88 Å². The Balaban J connectivity index is 1.70. The second-order valence-electron chi connectivity index (χ2n) is 5.38. The molecule has 2 rings (SSSR count). The Bertz CT molecular complexity index is 313. The van der Waals surface area contributed by atoms with Gasteiger partial charge < -0.3 is 10.0 Å². The average molecular weight is 267 g/mol. The lowest BCUT2D eigenvalue weighted by atomic mass is 9.94. The highest BCUT2D eigenvalue weighted by Gasteiger charge is 2.21. The molecule has 0 aliphatic carbocycles. The molecule has 0 aromatic carbocycles. The van der Waals surface area contributed by atoms with Crippen molar-refractivity contribution < 1.29 is 5.11 Å². The van der Waals surface area contributed by atoms with Gasteiger partial charge in [0.2, 0.25) is 0 Å². The molecule has 1 N–H and O–H groups in total. The Hall–Kier alpha value is -0.380. The number of thiophene rings is 1. The molecular weight excluding hydrogens is 242 g/mol. The second kappa shape index (κ2) is 7.27. The minimum atomic E-state index is 0.349. The number of piperidine rings is 1. The molecule has 0 spiro atoms. The van der Waals surface area contributed by atoms with Gasteiger partial charge in [-0.05, 0) is 62.2 Å². The first-order chi connectivity index (χ1) is 8.83. The molecule has 2 nitrogen and oxygen atoms in total. The Morgan fingerprint density at radius 2 is 2.22 bits per heavy atom. The lowest BCUT2D eigenvalue weighted by molar-refractivity contribution is 0.167. The summed E-state index contributed by atoms with van der Waals surface area (Å²) in [6.45, 7) is 6.14. The van der Waals surface area contributed by atoms with E-state index in [1.165, 1.54) is 25.9 Å². The van der Waals surface area contributed by atoms with E-state index in [-0.39, 0.29) is 0 Å². The number of rotatable bonds is 6. The van der Waals surface area contributed by atoms with Gasteiger partial charge in [0.1, 0.15) is 0 Å². The highest BCUT2D eigenvalue weighted by molar-refractivity contribution is 7.10. The summed E-state index contributed by atoms with van der Waals surface area (Å²) in [6.07, 6.45) is 4.85. The van der Waals surface area contributed by atoms with Crippen LogP contribution in [0.1, 0.15) is 43.4 Å². The van der Waals surface area contributed by atoms with E-state index in [0.29, 0.717) is 12.5 Å². The van der Waals surface area contributed by atoms with E-state index >= 15 is 0 Å². The van der Waals surface area contributed by atoms with E-state index in [9.17, 15) is 5.11 Å². The highest BCUT2D eigenvalue weighted by atomic mass is 32.1. The molecular formula is C15H25NOS. The van der Waals surface area contributed by atoms with E-state index in [1.807, 2.05) is 11.3 Å². The minimum absolute atomic E-state index is 0.349. The molecule has 1 aliphatic rings. The lowest BCUT2D eigenvalue weighted by Crippen LogP contribution is -2.34. The topological polar surface area (TPSA) is 23.5 Å². The SMILES string of the molecule is CCC(CO)CCN1CCC(c2cccs2)CC1. The van der Waals surface area contributed by atoms with Gasteiger partial charge in [-0.15, -0.1) is 11.3 Å². The molecule has 1 aromatic heterocycles. The van der Waals surface area contributed by atoms with Gasteiger partial charge >= 0.3 is 0 Å². The molecule has 1 aliphatic heterocycles. The molecule has 1 aromatic rings. The second-order valence-corrected chi connectivity index (χ2v) is 6.36. The summed E-state index contributed by atoms with van der Waals surface area (Å²) < 4.78 is 0. The summed E-state index contributed by atoms with van der Waals surface area (Å²) in [5.41, 5.74) is 0. The van der Waals surface area contributed by atoms with Gasteiger partial charge in [0.25, 0.3) is 0 Å². The third-order valence-corrected chi connectivity index (χ3v) is 5.26. The van der Waals surface area contributed by atoms with Gasteiger partial charge in [-0.25, -0.2) is 0 Å². The zero-order chi connectivity index (χ0) is 12.8. The molecule has 1 saturated heterocycles. The lowest BCUT2D eigenvalue weighted by Gasteiger charge is -2.32. The van der Waals surface area contributed by atoms with E-state index < -0.39 is 0 Å². The van der Waals surface area contributed by atoms with Crippen LogP contribution in [0.15, 0.2) is 17.5 Å². The van der Waals surface area contributed by atoms with Crippen LogP contribution < -0.4 is 0 Å². The molecule has 0 saturated carbocycles. The van der Waals surface area contributed by atoms with Crippen LogP contribution in [0.2, 0.25) is 0 Å². The quantitative estimate of drug-likeness (QED) is 0.854. The first-order valence-electron chi connectivity index (χ1n) is 7.20. The van der Waals surface area contributed by atoms with Crippen LogP contribution in [0, 0.1) is 5.92 Å². The van der Waals surface area contributed by atoms with Crippen molar-refractivity contribution in [2.75, 3.05) is 26.2 Å². The van der Waals surface area contributed by atoms with E-state index in [4.69, 9.17) is 0 Å². The van der Waals surface area contributed by atoms with Gasteiger partial charge in [-0.1, -0.05) is 19.4 Å². The molecule has 1 fully saturated rings. The molecule has 2 heterocycles. The molecule has 0 amide bonds. The zero-order valence-corrected chi connectivity index (χ0v) is 12.2. The largest absolute Gasteiger partial charge is 0.396 e. The molecule has 0 bridgehead atoms. The number of likely N-dealkylation sites (tertiary alicyclic amines) is 1. The zero-order valence-electron chi connectivity index (χ0n) is 11.3. The predicted molar refractivity (Wildman–Crippen MR) is 78.2 cm³/mol. The summed E-state index contributed by atoms with van der Waals surface area (Å²) in [5, 5.41) is 11.4. The summed E-state index contributed by atoms with van der Waals surface area (Å²) in [7, 11) is 0. The molecule has 102 valence electrons. The van der Waals surface area contributed by atoms with Crippen molar-refractivity contribution in [3.63, 3.8) is 0 Å². The third-order valence-electron chi connectivity index (χ3n) is 4.22. The normalized spacial score (nSPS) is 20.1. The summed E-state index contributed by atoms with van der Waals surface area (Å²) in [6, 6.07) is 4.45. The van der Waals surface area contributed by atoms with Crippen molar-refractivity contribution in [3.05, 3.63) is 22.4 Å². The number of aliphatic hydroxyl groups excluding tert-OH is 1. The molecule has 1 unspecified atom stereocenters. The third kappa shape index (κ3) is 3.81. The standard InChI is InChI=1S/C15H25NOS/c1-2-13(12-17)5-8-16-9-6-14(7-10-16)15-4-3-11-18-15/h3-4,11,13-14,17H,2,5-10,12H2,1H3. The van der Waals surface area contributed by atoms with Gasteiger partial charge in [0.15, 0.2) is 0 Å². The molecule has 18 heavy (non-hydrogen) atoms. The summed E-state index contributed by atoms with van der Waals surface area (Å²) in [4.78, 5) is 4.14. The van der Waals surface area contributed by atoms with Crippen molar-refractivity contribution in [3.8, 4) is 0 Å². The van der Waals surface area contributed by atoms with Crippen LogP contribution in [-0.2, 0) is 0 Å². The average Bonchev–Trinajstić information content (AvgIpc) is 2.94. The molecule has 0 radical (unpaired) electrons. The van der Waals surface area contributed by atoms with Crippen molar-refractivity contribution in [1.82, 2.24) is 4.90 Å². The van der Waals surface area contributed by atoms with Crippen molar-refractivity contribution in [2.24, 2.45) is 5.92 Å². The van der Waals surface area contributed by atoms with Gasteiger partial charge in [0.05, 0.1) is 0 Å². The fourth-order valence-corrected chi connectivity index (χ4v) is 3.65. The maximum absolute atomic E-state index is 9.21. The van der Waals surface area contributed by atoms with Crippen LogP contribution in [0.4, 0.5) is 0 Å². The monoisotopic (exact) mass is 267 g/mol. The maximum atomic E-state index is 9.21. The predicted octanol–water partition coefficient (Wildman–Crippen LogP) is 3.34. The van der Waals surface area contributed by atoms with Crippen molar-refractivity contribution >= 4 is 11.3 Å². The van der Waals surface area contributed by atoms with Crippen LogP contribution in [0.25, 0.3) is 0 Å². The Morgan fingerprint density at radius 1 is 1.44 bits per heavy atom. The highest BCUT2D eigenvalue weighted by Crippen LogP contribution is 2.31. The van der Waals surface area contributed by atoms with Gasteiger partial charge in [-0.2, -0.15) is 0 Å². The Kier molecular flexibility index (Phi) is 5.67. The summed E-state index contributed by atoms with van der Waals surface area (Å²) >= 11 is 1.90. The Morgan fingerprint density at radius 3 is 2.78 bits per heavy atom.